The summed E-state index contributed by atoms with van der Waals surface area (Å²) in [5, 5.41) is 0.708. The van der Waals surface area contributed by atoms with Crippen LogP contribution in [0.2, 0.25) is 5.02 Å². The van der Waals surface area contributed by atoms with Crippen molar-refractivity contribution in [1.82, 2.24) is 14.9 Å². The molecule has 0 radical (unpaired) electrons. The fourth-order valence-corrected chi connectivity index (χ4v) is 4.76. The Bertz CT molecular complexity index is 950. The maximum atomic E-state index is 13.0. The molecule has 2 aromatic heterocycles. The van der Waals surface area contributed by atoms with Gasteiger partial charge in [0.1, 0.15) is 5.82 Å². The molecule has 1 N–H and O–H groups in total. The second-order valence-corrected chi connectivity index (χ2v) is 9.98. The van der Waals surface area contributed by atoms with Gasteiger partial charge in [-0.25, -0.2) is 4.98 Å². The van der Waals surface area contributed by atoms with Gasteiger partial charge >= 0.3 is 0 Å². The number of fused-ring (bicyclic) bond motifs is 1. The van der Waals surface area contributed by atoms with Gasteiger partial charge in [0.2, 0.25) is 0 Å². The normalized spacial score (nSPS) is 11.5. The minimum atomic E-state index is 0.0340. The highest BCUT2D eigenvalue weighted by atomic mass is 79.9. The molecular formula is C20H23BrClN3OS. The van der Waals surface area contributed by atoms with Gasteiger partial charge in [-0.3, -0.25) is 4.79 Å². The van der Waals surface area contributed by atoms with E-state index in [1.165, 1.54) is 11.3 Å². The van der Waals surface area contributed by atoms with E-state index < -0.39 is 0 Å². The van der Waals surface area contributed by atoms with Gasteiger partial charge in [-0.1, -0.05) is 38.8 Å². The molecule has 3 aromatic rings. The lowest BCUT2D eigenvalue weighted by Crippen LogP contribution is -2.33. The number of nitrogens with one attached hydrogen (secondary N) is 1. The van der Waals surface area contributed by atoms with Crippen LogP contribution >= 0.6 is 38.9 Å². The number of imidazole rings is 1. The third kappa shape index (κ3) is 4.92. The van der Waals surface area contributed by atoms with Crippen molar-refractivity contribution in [1.29, 1.82) is 0 Å². The van der Waals surface area contributed by atoms with E-state index >= 15 is 0 Å². The Hall–Kier alpha value is -1.37. The standard InChI is InChI=1S/C20H23BrClN3OS/c1-4-5-13-8-14(22)9-15-19(13)24-18(23-15)11-25(10-12(2)3)20(26)16-6-7-17(21)27-16/h6-9,12H,4-5,10-11H2,1-3H3,(H,23,24). The Morgan fingerprint density at radius 2 is 2.15 bits per heavy atom. The van der Waals surface area contributed by atoms with E-state index in [0.717, 1.165) is 43.9 Å². The summed E-state index contributed by atoms with van der Waals surface area (Å²) in [7, 11) is 0. The highest BCUT2D eigenvalue weighted by Gasteiger charge is 2.21. The molecule has 0 atom stereocenters. The lowest BCUT2D eigenvalue weighted by molar-refractivity contribution is 0.0723. The minimum Gasteiger partial charge on any atom is -0.340 e. The molecule has 4 nitrogen and oxygen atoms in total. The zero-order chi connectivity index (χ0) is 19.6. The summed E-state index contributed by atoms with van der Waals surface area (Å²) >= 11 is 11.2. The van der Waals surface area contributed by atoms with Crippen LogP contribution in [0.25, 0.3) is 11.0 Å². The number of aromatic nitrogens is 2. The molecule has 0 spiro atoms. The van der Waals surface area contributed by atoms with Crippen LogP contribution in [0.3, 0.4) is 0 Å². The van der Waals surface area contributed by atoms with Gasteiger partial charge < -0.3 is 9.88 Å². The molecule has 0 aliphatic carbocycles. The zero-order valence-corrected chi connectivity index (χ0v) is 18.8. The van der Waals surface area contributed by atoms with Gasteiger partial charge in [-0.2, -0.15) is 0 Å². The van der Waals surface area contributed by atoms with E-state index in [1.807, 2.05) is 29.2 Å². The van der Waals surface area contributed by atoms with Crippen molar-refractivity contribution in [2.24, 2.45) is 5.92 Å². The van der Waals surface area contributed by atoms with Crippen LogP contribution in [0.5, 0.6) is 0 Å². The summed E-state index contributed by atoms with van der Waals surface area (Å²) in [6.45, 7) is 7.49. The Labute approximate surface area is 177 Å². The number of benzene rings is 1. The van der Waals surface area contributed by atoms with Crippen LogP contribution in [0.1, 0.15) is 48.3 Å². The predicted octanol–water partition coefficient (Wildman–Crippen LogP) is 6.29. The quantitative estimate of drug-likeness (QED) is 0.443. The number of aromatic amines is 1. The number of rotatable bonds is 7. The summed E-state index contributed by atoms with van der Waals surface area (Å²) in [6.07, 6.45) is 1.96. The molecule has 3 rings (SSSR count). The number of amides is 1. The second-order valence-electron chi connectivity index (χ2n) is 7.08. The van der Waals surface area contributed by atoms with Crippen LogP contribution in [0.15, 0.2) is 28.1 Å². The van der Waals surface area contributed by atoms with Crippen molar-refractivity contribution in [2.45, 2.75) is 40.2 Å². The van der Waals surface area contributed by atoms with Gasteiger partial charge in [-0.15, -0.1) is 11.3 Å². The van der Waals surface area contributed by atoms with E-state index in [2.05, 4.69) is 41.7 Å². The number of H-pyrrole nitrogens is 1. The van der Waals surface area contributed by atoms with Crippen LogP contribution in [-0.4, -0.2) is 27.3 Å². The number of carbonyl (C=O) groups excluding carboxylic acids is 1. The SMILES string of the molecule is CCCc1cc(Cl)cc2[nH]c(CN(CC(C)C)C(=O)c3ccc(Br)s3)nc12. The fourth-order valence-electron chi connectivity index (χ4n) is 3.16. The van der Waals surface area contributed by atoms with Gasteiger partial charge in [0.25, 0.3) is 5.91 Å². The second kappa shape index (κ2) is 8.76. The first-order valence-corrected chi connectivity index (χ1v) is 11.1. The summed E-state index contributed by atoms with van der Waals surface area (Å²) < 4.78 is 0.956. The molecule has 0 saturated heterocycles. The number of hydrogen-bond acceptors (Lipinski definition) is 3. The molecular weight excluding hydrogens is 446 g/mol. The summed E-state index contributed by atoms with van der Waals surface area (Å²) in [5.41, 5.74) is 3.02. The van der Waals surface area contributed by atoms with Crippen molar-refractivity contribution in [3.8, 4) is 0 Å². The first-order chi connectivity index (χ1) is 12.9. The van der Waals surface area contributed by atoms with Crippen molar-refractivity contribution in [3.63, 3.8) is 0 Å². The molecule has 1 aromatic carbocycles. The topological polar surface area (TPSA) is 49.0 Å². The van der Waals surface area contributed by atoms with Gasteiger partial charge in [0.05, 0.1) is 26.2 Å². The van der Waals surface area contributed by atoms with Crippen LogP contribution in [0.4, 0.5) is 0 Å². The van der Waals surface area contributed by atoms with E-state index in [0.29, 0.717) is 24.0 Å². The zero-order valence-electron chi connectivity index (χ0n) is 15.7. The minimum absolute atomic E-state index is 0.0340. The fraction of sp³-hybridized carbons (Fsp3) is 0.400. The average molecular weight is 469 g/mol. The summed E-state index contributed by atoms with van der Waals surface area (Å²) in [5.74, 6) is 1.19. The van der Waals surface area contributed by atoms with Crippen molar-refractivity contribution >= 4 is 55.8 Å². The third-order valence-corrected chi connectivity index (χ3v) is 6.03. The maximum absolute atomic E-state index is 13.0. The number of nitrogens with zero attached hydrogens (tertiary/aromatic N) is 2. The summed E-state index contributed by atoms with van der Waals surface area (Å²) in [4.78, 5) is 23.7. The lowest BCUT2D eigenvalue weighted by Gasteiger charge is -2.23. The Morgan fingerprint density at radius 1 is 1.37 bits per heavy atom. The number of thiophene rings is 1. The number of hydrogen-bond donors (Lipinski definition) is 1. The summed E-state index contributed by atoms with van der Waals surface area (Å²) in [6, 6.07) is 7.66. The smallest absolute Gasteiger partial charge is 0.264 e. The highest BCUT2D eigenvalue weighted by molar-refractivity contribution is 9.11. The largest absolute Gasteiger partial charge is 0.340 e. The highest BCUT2D eigenvalue weighted by Crippen LogP contribution is 2.26. The molecule has 0 fully saturated rings. The van der Waals surface area contributed by atoms with Crippen molar-refractivity contribution in [2.75, 3.05) is 6.54 Å². The molecule has 0 aliphatic rings. The number of carbonyl (C=O) groups is 1. The van der Waals surface area contributed by atoms with Gasteiger partial charge in [-0.05, 0) is 58.1 Å². The van der Waals surface area contributed by atoms with E-state index in [1.54, 1.807) is 0 Å². The molecule has 2 heterocycles. The van der Waals surface area contributed by atoms with Gasteiger partial charge in [0.15, 0.2) is 0 Å². The molecule has 7 heteroatoms. The number of aryl methyl sites for hydroxylation is 1. The maximum Gasteiger partial charge on any atom is 0.264 e. The Balaban J connectivity index is 1.91. The Morgan fingerprint density at radius 3 is 2.78 bits per heavy atom. The van der Waals surface area contributed by atoms with E-state index in [9.17, 15) is 4.79 Å². The molecule has 0 unspecified atom stereocenters. The molecule has 27 heavy (non-hydrogen) atoms. The molecule has 0 saturated carbocycles. The van der Waals surface area contributed by atoms with Crippen molar-refractivity contribution < 1.29 is 4.79 Å². The van der Waals surface area contributed by atoms with E-state index in [4.69, 9.17) is 16.6 Å². The first kappa shape index (κ1) is 20.4. The third-order valence-electron chi connectivity index (χ3n) is 4.20. The van der Waals surface area contributed by atoms with Crippen LogP contribution in [-0.2, 0) is 13.0 Å². The predicted molar refractivity (Wildman–Crippen MR) is 117 cm³/mol. The van der Waals surface area contributed by atoms with Crippen LogP contribution in [0, 0.1) is 5.92 Å². The van der Waals surface area contributed by atoms with Gasteiger partial charge in [0, 0.05) is 11.6 Å². The number of halogens is 2. The monoisotopic (exact) mass is 467 g/mol. The molecule has 1 amide bonds. The van der Waals surface area contributed by atoms with Crippen molar-refractivity contribution in [3.05, 3.63) is 49.3 Å². The van der Waals surface area contributed by atoms with E-state index in [-0.39, 0.29) is 5.91 Å². The molecule has 0 aliphatic heterocycles. The Kier molecular flexibility index (Phi) is 6.61. The van der Waals surface area contributed by atoms with Crippen LogP contribution < -0.4 is 0 Å². The lowest BCUT2D eigenvalue weighted by atomic mass is 10.1. The average Bonchev–Trinajstić information content (AvgIpc) is 3.19. The molecule has 0 bridgehead atoms. The molecule has 144 valence electrons. The first-order valence-electron chi connectivity index (χ1n) is 9.09.